The largest absolute Gasteiger partial charge is 0.310 e. The van der Waals surface area contributed by atoms with E-state index in [0.29, 0.717) is 18.4 Å². The van der Waals surface area contributed by atoms with Gasteiger partial charge in [-0.25, -0.2) is 4.98 Å². The molecule has 2 rings (SSSR count). The molecule has 1 fully saturated rings. The van der Waals surface area contributed by atoms with Crippen molar-refractivity contribution in [2.45, 2.75) is 38.6 Å². The molecule has 1 aliphatic rings. The highest BCUT2D eigenvalue weighted by molar-refractivity contribution is 9.10. The highest BCUT2D eigenvalue weighted by Gasteiger charge is 2.22. The smallest absolute Gasteiger partial charge is 0.239 e. The van der Waals surface area contributed by atoms with Crippen LogP contribution in [0.1, 0.15) is 32.6 Å². The Kier molecular flexibility index (Phi) is 5.34. The zero-order valence-corrected chi connectivity index (χ0v) is 12.8. The number of pyridine rings is 1. The molecule has 0 bridgehead atoms. The van der Waals surface area contributed by atoms with Gasteiger partial charge in [-0.1, -0.05) is 13.3 Å². The van der Waals surface area contributed by atoms with Gasteiger partial charge in [-0.3, -0.25) is 9.69 Å². The van der Waals surface area contributed by atoms with Crippen LogP contribution in [-0.2, 0) is 4.79 Å². The second kappa shape index (κ2) is 7.01. The first-order valence-corrected chi connectivity index (χ1v) is 7.64. The summed E-state index contributed by atoms with van der Waals surface area (Å²) in [6, 6.07) is 4.23. The molecule has 1 saturated heterocycles. The number of nitrogens with zero attached hydrogens (tertiary/aromatic N) is 2. The number of aromatic nitrogens is 1. The van der Waals surface area contributed by atoms with Gasteiger partial charge >= 0.3 is 0 Å². The van der Waals surface area contributed by atoms with E-state index in [1.165, 1.54) is 19.3 Å². The maximum Gasteiger partial charge on any atom is 0.239 e. The van der Waals surface area contributed by atoms with Crippen molar-refractivity contribution >= 4 is 27.7 Å². The first kappa shape index (κ1) is 14.5. The summed E-state index contributed by atoms with van der Waals surface area (Å²) in [5.74, 6) is 0.633. The first-order valence-electron chi connectivity index (χ1n) is 6.84. The molecule has 1 aliphatic heterocycles. The Morgan fingerprint density at radius 1 is 1.53 bits per heavy atom. The minimum Gasteiger partial charge on any atom is -0.310 e. The van der Waals surface area contributed by atoms with E-state index in [0.717, 1.165) is 17.4 Å². The maximum atomic E-state index is 12.0. The zero-order chi connectivity index (χ0) is 13.7. The summed E-state index contributed by atoms with van der Waals surface area (Å²) in [7, 11) is 0. The second-order valence-corrected chi connectivity index (χ2v) is 5.85. The maximum absolute atomic E-state index is 12.0. The van der Waals surface area contributed by atoms with E-state index in [2.05, 4.69) is 38.1 Å². The highest BCUT2D eigenvalue weighted by Crippen LogP contribution is 2.19. The number of nitrogens with one attached hydrogen (secondary N) is 1. The monoisotopic (exact) mass is 325 g/mol. The Bertz CT molecular complexity index is 421. The number of piperidine rings is 1. The fourth-order valence-corrected chi connectivity index (χ4v) is 2.78. The average molecular weight is 326 g/mol. The Morgan fingerprint density at radius 2 is 2.37 bits per heavy atom. The van der Waals surface area contributed by atoms with Gasteiger partial charge in [-0.05, 0) is 53.9 Å². The van der Waals surface area contributed by atoms with E-state index in [-0.39, 0.29) is 5.91 Å². The van der Waals surface area contributed by atoms with E-state index in [4.69, 9.17) is 0 Å². The lowest BCUT2D eigenvalue weighted by Crippen LogP contribution is -2.43. The van der Waals surface area contributed by atoms with Gasteiger partial charge in [0.25, 0.3) is 0 Å². The van der Waals surface area contributed by atoms with Crippen LogP contribution in [-0.4, -0.2) is 34.9 Å². The van der Waals surface area contributed by atoms with E-state index in [1.807, 2.05) is 6.07 Å². The summed E-state index contributed by atoms with van der Waals surface area (Å²) < 4.78 is 0.910. The van der Waals surface area contributed by atoms with E-state index in [1.54, 1.807) is 12.3 Å². The van der Waals surface area contributed by atoms with Crippen molar-refractivity contribution in [2.75, 3.05) is 18.4 Å². The van der Waals surface area contributed by atoms with Crippen LogP contribution in [0.15, 0.2) is 22.8 Å². The molecule has 4 nitrogen and oxygen atoms in total. The molecule has 2 heterocycles. The molecule has 5 heteroatoms. The number of hydrogen-bond acceptors (Lipinski definition) is 3. The van der Waals surface area contributed by atoms with E-state index < -0.39 is 0 Å². The molecule has 1 aromatic rings. The topological polar surface area (TPSA) is 45.2 Å². The molecule has 0 radical (unpaired) electrons. The summed E-state index contributed by atoms with van der Waals surface area (Å²) in [6.45, 7) is 3.69. The van der Waals surface area contributed by atoms with Crippen molar-refractivity contribution in [1.82, 2.24) is 9.88 Å². The quantitative estimate of drug-likeness (QED) is 0.925. The summed E-state index contributed by atoms with van der Waals surface area (Å²) in [5, 5.41) is 2.85. The normalized spacial score (nSPS) is 20.2. The summed E-state index contributed by atoms with van der Waals surface area (Å²) in [4.78, 5) is 18.5. The highest BCUT2D eigenvalue weighted by atomic mass is 79.9. The Balaban J connectivity index is 1.88. The fraction of sp³-hybridized carbons (Fsp3) is 0.571. The molecule has 0 spiro atoms. The molecule has 104 valence electrons. The van der Waals surface area contributed by atoms with Gasteiger partial charge in [0, 0.05) is 16.7 Å². The van der Waals surface area contributed by atoms with Gasteiger partial charge in [0.05, 0.1) is 6.54 Å². The molecule has 0 aliphatic carbocycles. The van der Waals surface area contributed by atoms with Crippen LogP contribution in [0.2, 0.25) is 0 Å². The molecule has 1 amide bonds. The van der Waals surface area contributed by atoms with Gasteiger partial charge in [0.1, 0.15) is 5.82 Å². The third-order valence-electron chi connectivity index (χ3n) is 3.56. The third-order valence-corrected chi connectivity index (χ3v) is 4.03. The van der Waals surface area contributed by atoms with Crippen LogP contribution in [0.25, 0.3) is 0 Å². The minimum atomic E-state index is 0.0233. The van der Waals surface area contributed by atoms with Crippen molar-refractivity contribution in [3.63, 3.8) is 0 Å². The standard InChI is InChI=1S/C14H20BrN3O/c1-2-12-5-3-4-8-18(12)10-14(19)17-13-7-6-11(15)9-16-13/h6-7,9,12H,2-5,8,10H2,1H3,(H,16,17,19)/t12-/m1/s1. The molecule has 0 unspecified atom stereocenters. The van der Waals surface area contributed by atoms with Crippen molar-refractivity contribution in [3.8, 4) is 0 Å². The van der Waals surface area contributed by atoms with E-state index >= 15 is 0 Å². The number of hydrogen-bond donors (Lipinski definition) is 1. The molecule has 19 heavy (non-hydrogen) atoms. The predicted octanol–water partition coefficient (Wildman–Crippen LogP) is 3.05. The van der Waals surface area contributed by atoms with Crippen LogP contribution < -0.4 is 5.32 Å². The molecule has 0 aromatic carbocycles. The van der Waals surface area contributed by atoms with Crippen molar-refractivity contribution < 1.29 is 4.79 Å². The molecule has 1 atom stereocenters. The first-order chi connectivity index (χ1) is 9.19. The molecular weight excluding hydrogens is 306 g/mol. The SMILES string of the molecule is CC[C@@H]1CCCCN1CC(=O)Nc1ccc(Br)cn1. The van der Waals surface area contributed by atoms with E-state index in [9.17, 15) is 4.79 Å². The lowest BCUT2D eigenvalue weighted by atomic mass is 10.0. The molecule has 1 N–H and O–H groups in total. The number of amides is 1. The van der Waals surface area contributed by atoms with Crippen LogP contribution in [0, 0.1) is 0 Å². The summed E-state index contributed by atoms with van der Waals surface area (Å²) in [6.07, 6.45) is 6.49. The molecule has 1 aromatic heterocycles. The number of halogens is 1. The van der Waals surface area contributed by atoms with Crippen LogP contribution >= 0.6 is 15.9 Å². The van der Waals surface area contributed by atoms with Gasteiger partial charge < -0.3 is 5.32 Å². The van der Waals surface area contributed by atoms with Crippen molar-refractivity contribution in [3.05, 3.63) is 22.8 Å². The van der Waals surface area contributed by atoms with Crippen molar-refractivity contribution in [1.29, 1.82) is 0 Å². The van der Waals surface area contributed by atoms with Crippen LogP contribution in [0.5, 0.6) is 0 Å². The Hall–Kier alpha value is -0.940. The fourth-order valence-electron chi connectivity index (χ4n) is 2.55. The molecule has 0 saturated carbocycles. The van der Waals surface area contributed by atoms with Gasteiger partial charge in [0.2, 0.25) is 5.91 Å². The number of carbonyl (C=O) groups excluding carboxylic acids is 1. The zero-order valence-electron chi connectivity index (χ0n) is 11.2. The average Bonchev–Trinajstić information content (AvgIpc) is 2.42. The van der Waals surface area contributed by atoms with Gasteiger partial charge in [-0.15, -0.1) is 0 Å². The Labute approximate surface area is 122 Å². The second-order valence-electron chi connectivity index (χ2n) is 4.94. The predicted molar refractivity (Wildman–Crippen MR) is 80.1 cm³/mol. The summed E-state index contributed by atoms with van der Waals surface area (Å²) >= 11 is 3.33. The lowest BCUT2D eigenvalue weighted by Gasteiger charge is -2.34. The Morgan fingerprint density at radius 3 is 3.05 bits per heavy atom. The molecular formula is C14H20BrN3O. The van der Waals surface area contributed by atoms with Gasteiger partial charge in [-0.2, -0.15) is 0 Å². The number of likely N-dealkylation sites (tertiary alicyclic amines) is 1. The number of carbonyl (C=O) groups is 1. The lowest BCUT2D eigenvalue weighted by molar-refractivity contribution is -0.118. The summed E-state index contributed by atoms with van der Waals surface area (Å²) in [5.41, 5.74) is 0. The number of rotatable bonds is 4. The van der Waals surface area contributed by atoms with Crippen LogP contribution in [0.3, 0.4) is 0 Å². The number of anilines is 1. The van der Waals surface area contributed by atoms with Crippen LogP contribution in [0.4, 0.5) is 5.82 Å². The minimum absolute atomic E-state index is 0.0233. The third kappa shape index (κ3) is 4.28. The van der Waals surface area contributed by atoms with Gasteiger partial charge in [0.15, 0.2) is 0 Å². The van der Waals surface area contributed by atoms with Crippen molar-refractivity contribution in [2.24, 2.45) is 0 Å².